The summed E-state index contributed by atoms with van der Waals surface area (Å²) in [6, 6.07) is 34.5. The highest BCUT2D eigenvalue weighted by atomic mass is 32.2. The number of carbonyl (C=O) groups excluding carboxylic acids is 1. The van der Waals surface area contributed by atoms with Crippen molar-refractivity contribution >= 4 is 44.8 Å². The molecule has 0 bridgehead atoms. The normalized spacial score (nSPS) is 13.3. The number of thioether (sulfide) groups is 1. The van der Waals surface area contributed by atoms with E-state index in [4.69, 9.17) is 9.47 Å². The van der Waals surface area contributed by atoms with E-state index in [0.29, 0.717) is 18.9 Å². The first-order valence-electron chi connectivity index (χ1n) is 18.9. The van der Waals surface area contributed by atoms with Gasteiger partial charge in [-0.3, -0.25) is 19.8 Å². The van der Waals surface area contributed by atoms with Gasteiger partial charge < -0.3 is 19.7 Å². The van der Waals surface area contributed by atoms with Crippen LogP contribution < -0.4 is 24.4 Å². The monoisotopic (exact) mass is 809 g/mol. The van der Waals surface area contributed by atoms with Crippen molar-refractivity contribution < 1.29 is 27.6 Å². The molecule has 5 aromatic rings. The number of benzene rings is 5. The number of nitrogens with zero attached hydrogens (tertiary/aromatic N) is 3. The van der Waals surface area contributed by atoms with Crippen LogP contribution in [0.15, 0.2) is 125 Å². The molecular formula is C43H47N5O7S2. The second kappa shape index (κ2) is 19.0. The van der Waals surface area contributed by atoms with Crippen LogP contribution in [0.5, 0.6) is 11.5 Å². The van der Waals surface area contributed by atoms with Crippen LogP contribution in [0.2, 0.25) is 0 Å². The topological polar surface area (TPSA) is 143 Å². The number of nitro benzene ring substituents is 1. The lowest BCUT2D eigenvalue weighted by molar-refractivity contribution is -0.384. The van der Waals surface area contributed by atoms with Crippen molar-refractivity contribution in [1.29, 1.82) is 0 Å². The lowest BCUT2D eigenvalue weighted by Crippen LogP contribution is -2.46. The molecule has 0 unspecified atom stereocenters. The Bertz CT molecular complexity index is 2260. The number of carbonyl (C=O) groups is 1. The van der Waals surface area contributed by atoms with Gasteiger partial charge in [0.15, 0.2) is 0 Å². The number of rotatable bonds is 17. The molecular weight excluding hydrogens is 763 g/mol. The Balaban J connectivity index is 1.04. The molecule has 298 valence electrons. The predicted molar refractivity (Wildman–Crippen MR) is 226 cm³/mol. The standard InChI is InChI=1S/C43H47N5O7S2/c1-4-54-37-10-8-9-34(27-37)35-25-32(26-38(28-35)55-31(2)3)30-46-20-22-47(23-21-46)36-15-13-33(14-16-36)43(49)45-57(52,53)40-17-18-41(42(29-40)48(50)51)44-19-24-56-39-11-6-5-7-12-39/h5-18,25-29,31,44H,4,19-24,30H2,1-3H3,(H,45,49). The molecule has 0 spiro atoms. The van der Waals surface area contributed by atoms with E-state index in [0.717, 1.165) is 77.6 Å². The molecule has 0 atom stereocenters. The highest BCUT2D eigenvalue weighted by Crippen LogP contribution is 2.31. The minimum Gasteiger partial charge on any atom is -0.494 e. The number of sulfonamides is 1. The van der Waals surface area contributed by atoms with Gasteiger partial charge in [0.1, 0.15) is 17.2 Å². The maximum atomic E-state index is 13.2. The third-order valence-corrected chi connectivity index (χ3v) is 11.6. The number of hydrogen-bond acceptors (Lipinski definition) is 11. The number of anilines is 2. The number of piperazine rings is 1. The van der Waals surface area contributed by atoms with E-state index in [2.05, 4.69) is 44.1 Å². The quantitative estimate of drug-likeness (QED) is 0.0407. The highest BCUT2D eigenvalue weighted by molar-refractivity contribution is 7.99. The smallest absolute Gasteiger partial charge is 0.293 e. The van der Waals surface area contributed by atoms with E-state index in [1.165, 1.54) is 12.1 Å². The molecule has 6 rings (SSSR count). The Morgan fingerprint density at radius 1 is 0.860 bits per heavy atom. The lowest BCUT2D eigenvalue weighted by atomic mass is 10.0. The molecule has 0 aromatic heterocycles. The van der Waals surface area contributed by atoms with Gasteiger partial charge in [-0.25, -0.2) is 13.1 Å². The van der Waals surface area contributed by atoms with Crippen molar-refractivity contribution in [2.45, 2.75) is 43.2 Å². The summed E-state index contributed by atoms with van der Waals surface area (Å²) >= 11 is 1.59. The fraction of sp³-hybridized carbons (Fsp3) is 0.279. The summed E-state index contributed by atoms with van der Waals surface area (Å²) in [6.45, 7) is 10.9. The van der Waals surface area contributed by atoms with Crippen molar-refractivity contribution in [3.63, 3.8) is 0 Å². The first-order chi connectivity index (χ1) is 27.5. The van der Waals surface area contributed by atoms with E-state index in [1.807, 2.05) is 69.3 Å². The Kier molecular flexibility index (Phi) is 13.7. The maximum Gasteiger partial charge on any atom is 0.293 e. The summed E-state index contributed by atoms with van der Waals surface area (Å²) in [7, 11) is -4.40. The van der Waals surface area contributed by atoms with Gasteiger partial charge in [-0.2, -0.15) is 0 Å². The molecule has 0 aliphatic carbocycles. The van der Waals surface area contributed by atoms with Crippen molar-refractivity contribution in [3.05, 3.63) is 137 Å². The Labute approximate surface area is 338 Å². The van der Waals surface area contributed by atoms with Gasteiger partial charge in [-0.15, -0.1) is 11.8 Å². The summed E-state index contributed by atoms with van der Waals surface area (Å²) in [5, 5.41) is 14.9. The Hall–Kier alpha value is -5.57. The van der Waals surface area contributed by atoms with Crippen molar-refractivity contribution in [1.82, 2.24) is 9.62 Å². The summed E-state index contributed by atoms with van der Waals surface area (Å²) in [6.07, 6.45) is 0.0394. The number of amides is 1. The number of nitro groups is 1. The molecule has 57 heavy (non-hydrogen) atoms. The van der Waals surface area contributed by atoms with Crippen LogP contribution in [0.25, 0.3) is 11.1 Å². The van der Waals surface area contributed by atoms with Crippen molar-refractivity contribution in [2.75, 3.05) is 55.3 Å². The van der Waals surface area contributed by atoms with Crippen LogP contribution in [0.3, 0.4) is 0 Å². The summed E-state index contributed by atoms with van der Waals surface area (Å²) in [5.41, 5.74) is 4.13. The molecule has 1 heterocycles. The first kappa shape index (κ1) is 41.1. The minimum absolute atomic E-state index is 0.0394. The largest absolute Gasteiger partial charge is 0.494 e. The van der Waals surface area contributed by atoms with Crippen LogP contribution in [0.4, 0.5) is 17.1 Å². The van der Waals surface area contributed by atoms with Gasteiger partial charge >= 0.3 is 0 Å². The van der Waals surface area contributed by atoms with Crippen LogP contribution in [0, 0.1) is 10.1 Å². The third kappa shape index (κ3) is 11.3. The average Bonchev–Trinajstić information content (AvgIpc) is 3.20. The van der Waals surface area contributed by atoms with Crippen LogP contribution in [0.1, 0.15) is 36.7 Å². The van der Waals surface area contributed by atoms with Gasteiger partial charge in [0.05, 0.1) is 22.5 Å². The van der Waals surface area contributed by atoms with Crippen LogP contribution in [-0.2, 0) is 16.6 Å². The lowest BCUT2D eigenvalue weighted by Gasteiger charge is -2.36. The number of ether oxygens (including phenoxy) is 2. The van der Waals surface area contributed by atoms with Gasteiger partial charge in [-0.05, 0) is 116 Å². The zero-order valence-corrected chi connectivity index (χ0v) is 33.9. The van der Waals surface area contributed by atoms with E-state index in [9.17, 15) is 23.3 Å². The van der Waals surface area contributed by atoms with Gasteiger partial charge in [0.25, 0.3) is 21.6 Å². The molecule has 14 heteroatoms. The van der Waals surface area contributed by atoms with Gasteiger partial charge in [0, 0.05) is 67.2 Å². The van der Waals surface area contributed by atoms with E-state index in [1.54, 1.807) is 36.0 Å². The second-order valence-corrected chi connectivity index (χ2v) is 16.6. The van der Waals surface area contributed by atoms with Crippen LogP contribution >= 0.6 is 11.8 Å². The molecule has 0 saturated carbocycles. The molecule has 5 aromatic carbocycles. The molecule has 1 aliphatic rings. The van der Waals surface area contributed by atoms with Crippen molar-refractivity contribution in [2.24, 2.45) is 0 Å². The first-order valence-corrected chi connectivity index (χ1v) is 21.3. The second-order valence-electron chi connectivity index (χ2n) is 13.8. The van der Waals surface area contributed by atoms with E-state index < -0.39 is 26.5 Å². The van der Waals surface area contributed by atoms with E-state index >= 15 is 0 Å². The zero-order chi connectivity index (χ0) is 40.4. The molecule has 1 aliphatic heterocycles. The van der Waals surface area contributed by atoms with Crippen molar-refractivity contribution in [3.8, 4) is 22.6 Å². The minimum atomic E-state index is -4.40. The zero-order valence-electron chi connectivity index (χ0n) is 32.2. The molecule has 0 radical (unpaired) electrons. The van der Waals surface area contributed by atoms with Gasteiger partial charge in [-0.1, -0.05) is 30.3 Å². The fourth-order valence-electron chi connectivity index (χ4n) is 6.53. The fourth-order valence-corrected chi connectivity index (χ4v) is 8.31. The molecule has 1 saturated heterocycles. The third-order valence-electron chi connectivity index (χ3n) is 9.22. The van der Waals surface area contributed by atoms with Crippen LogP contribution in [-0.4, -0.2) is 75.3 Å². The average molecular weight is 810 g/mol. The molecule has 2 N–H and O–H groups in total. The summed E-state index contributed by atoms with van der Waals surface area (Å²) in [5.74, 6) is 1.46. The van der Waals surface area contributed by atoms with E-state index in [-0.39, 0.29) is 22.3 Å². The number of nitrogens with one attached hydrogen (secondary N) is 2. The summed E-state index contributed by atoms with van der Waals surface area (Å²) in [4.78, 5) is 29.6. The maximum absolute atomic E-state index is 13.2. The van der Waals surface area contributed by atoms with Gasteiger partial charge in [0.2, 0.25) is 0 Å². The highest BCUT2D eigenvalue weighted by Gasteiger charge is 2.25. The Morgan fingerprint density at radius 2 is 1.60 bits per heavy atom. The molecule has 1 amide bonds. The predicted octanol–water partition coefficient (Wildman–Crippen LogP) is 8.09. The summed E-state index contributed by atoms with van der Waals surface area (Å²) < 4.78 is 40.3. The number of hydrogen-bond donors (Lipinski definition) is 2. The Morgan fingerprint density at radius 3 is 2.30 bits per heavy atom. The molecule has 1 fully saturated rings. The SMILES string of the molecule is CCOc1cccc(-c2cc(CN3CCN(c4ccc(C(=O)NS(=O)(=O)c5ccc(NCCSc6ccccc6)c([N+](=O)[O-])c5)cc4)CC3)cc(OC(C)C)c2)c1. The molecule has 12 nitrogen and oxygen atoms in total.